The van der Waals surface area contributed by atoms with E-state index < -0.39 is 30.8 Å². The highest BCUT2D eigenvalue weighted by atomic mass is 35.5. The zero-order chi connectivity index (χ0) is 34.4. The molecular formula is C33H46ClN3O6S2. The van der Waals surface area contributed by atoms with Gasteiger partial charge in [0.05, 0.1) is 9.79 Å². The van der Waals surface area contributed by atoms with Gasteiger partial charge in [0.25, 0.3) is 11.1 Å². The van der Waals surface area contributed by atoms with Gasteiger partial charge in [-0.05, 0) is 84.5 Å². The molecule has 2 rings (SSSR count). The van der Waals surface area contributed by atoms with Crippen molar-refractivity contribution >= 4 is 48.4 Å². The van der Waals surface area contributed by atoms with E-state index in [1.807, 2.05) is 38.2 Å². The molecular weight excluding hydrogens is 634 g/mol. The number of carbonyl (C=O) groups is 2. The van der Waals surface area contributed by atoms with Crippen LogP contribution in [0.3, 0.4) is 0 Å². The number of benzene rings is 2. The minimum Gasteiger partial charge on any atom is -0.370 e. The van der Waals surface area contributed by atoms with Gasteiger partial charge in [-0.1, -0.05) is 77.0 Å². The number of guanidine groups is 1. The minimum atomic E-state index is -3.48. The maximum atomic E-state index is 12.2. The number of aryl methyl sites for hydroxylation is 2. The average Bonchev–Trinajstić information content (AvgIpc) is 2.95. The van der Waals surface area contributed by atoms with Crippen LogP contribution in [0.15, 0.2) is 63.4 Å². The molecule has 0 spiro atoms. The molecule has 0 heterocycles. The minimum absolute atomic E-state index is 0.134. The molecule has 0 aliphatic rings. The molecule has 0 radical (unpaired) electrons. The van der Waals surface area contributed by atoms with Gasteiger partial charge in [0.2, 0.25) is 0 Å². The Labute approximate surface area is 273 Å². The van der Waals surface area contributed by atoms with Gasteiger partial charge in [0.1, 0.15) is 0 Å². The predicted octanol–water partition coefficient (Wildman–Crippen LogP) is 5.90. The number of hydrogen-bond acceptors (Lipinski definition) is 6. The lowest BCUT2D eigenvalue weighted by atomic mass is 9.99. The first kappa shape index (κ1) is 39.7. The van der Waals surface area contributed by atoms with Gasteiger partial charge < -0.3 is 11.5 Å². The van der Waals surface area contributed by atoms with Gasteiger partial charge in [-0.25, -0.2) is 16.8 Å². The molecule has 4 N–H and O–H groups in total. The maximum Gasteiger partial charge on any atom is 0.280 e. The second kappa shape index (κ2) is 18.6. The average molecular weight is 680 g/mol. The number of carbonyl (C=O) groups excluding carboxylic acids is 2. The molecule has 0 saturated heterocycles. The lowest BCUT2D eigenvalue weighted by molar-refractivity contribution is 0.100. The van der Waals surface area contributed by atoms with Crippen molar-refractivity contribution in [2.75, 3.05) is 12.5 Å². The second-order valence-corrected chi connectivity index (χ2v) is 14.8. The Bertz CT molecular complexity index is 1660. The van der Waals surface area contributed by atoms with Gasteiger partial charge in [-0.15, -0.1) is 0 Å². The fourth-order valence-corrected chi connectivity index (χ4v) is 6.57. The molecule has 0 aromatic heterocycles. The third kappa shape index (κ3) is 12.9. The van der Waals surface area contributed by atoms with Crippen molar-refractivity contribution in [3.05, 3.63) is 82.0 Å². The van der Waals surface area contributed by atoms with Crippen LogP contribution < -0.4 is 11.5 Å². The van der Waals surface area contributed by atoms with Crippen molar-refractivity contribution in [1.82, 2.24) is 0 Å². The number of halogens is 1. The van der Waals surface area contributed by atoms with Crippen LogP contribution in [0, 0.1) is 0 Å². The Morgan fingerprint density at radius 2 is 1.09 bits per heavy atom. The molecule has 0 bridgehead atoms. The Balaban J connectivity index is 0.000000454. The zero-order valence-electron chi connectivity index (χ0n) is 27.0. The van der Waals surface area contributed by atoms with E-state index in [1.54, 1.807) is 12.1 Å². The summed E-state index contributed by atoms with van der Waals surface area (Å²) in [5.74, 6) is -0.987. The number of unbranched alkanes of at least 4 members (excludes halogenated alkanes) is 2. The lowest BCUT2D eigenvalue weighted by Gasteiger charge is -2.12. The summed E-state index contributed by atoms with van der Waals surface area (Å²) in [6.07, 6.45) is 16.5. The van der Waals surface area contributed by atoms with Gasteiger partial charge in [0.15, 0.2) is 25.6 Å². The van der Waals surface area contributed by atoms with Gasteiger partial charge in [-0.2, -0.15) is 4.99 Å². The van der Waals surface area contributed by atoms with Crippen LogP contribution >= 0.6 is 11.6 Å². The molecule has 0 atom stereocenters. The Kier molecular flexibility index (Phi) is 16.5. The molecule has 1 amide bonds. The first-order valence-electron chi connectivity index (χ1n) is 14.9. The number of nitrogens with two attached hydrogens (primary N) is 2. The number of amides is 1. The number of allylic oxidation sites excluding steroid dienone is 4. The van der Waals surface area contributed by atoms with E-state index in [0.29, 0.717) is 36.8 Å². The number of nitrogens with zero attached hydrogens (tertiary/aromatic N) is 1. The monoisotopic (exact) mass is 679 g/mol. The van der Waals surface area contributed by atoms with Crippen molar-refractivity contribution in [2.24, 2.45) is 16.5 Å². The molecule has 0 unspecified atom stereocenters. The van der Waals surface area contributed by atoms with E-state index >= 15 is 0 Å². The van der Waals surface area contributed by atoms with Crippen LogP contribution in [0.25, 0.3) is 0 Å². The van der Waals surface area contributed by atoms with Crippen LogP contribution in [0.1, 0.15) is 96.3 Å². The molecule has 2 aromatic rings. The Hall–Kier alpha value is -3.28. The smallest absolute Gasteiger partial charge is 0.280 e. The number of hydrogen-bond donors (Lipinski definition) is 2. The lowest BCUT2D eigenvalue weighted by Crippen LogP contribution is -2.24. The van der Waals surface area contributed by atoms with E-state index in [4.69, 9.17) is 23.1 Å². The third-order valence-corrected chi connectivity index (χ3v) is 9.29. The maximum absolute atomic E-state index is 12.2. The molecule has 0 saturated carbocycles. The third-order valence-electron chi connectivity index (χ3n) is 6.73. The first-order valence-corrected chi connectivity index (χ1v) is 19.0. The summed E-state index contributed by atoms with van der Waals surface area (Å²) in [5.41, 5.74) is 13.9. The first-order chi connectivity index (χ1) is 21.0. The fraction of sp³-hybridized carbons (Fsp3) is 0.424. The largest absolute Gasteiger partial charge is 0.370 e. The second-order valence-electron chi connectivity index (χ2n) is 10.5. The number of rotatable bonds is 14. The summed E-state index contributed by atoms with van der Waals surface area (Å²) in [6, 6.07) is 6.32. The standard InChI is InChI=1S/C17H25N3O3S.C16H21ClO3S/c1-4-6-7-8-9-13-10-12(5-2)14(16(21)20-17(18)19)11-15(13)24(3,22)23;1-4-6-7-8-9-13-10-12(5-2)14(16(17)18)11-15(13)21(3,19)20/h7-8,10-11H,4-6,9H2,1-3H3,(H4,18,19,20,21);7-8,10-11H,4-6,9H2,1-3H3. The molecule has 0 fully saturated rings. The Morgan fingerprint density at radius 1 is 0.689 bits per heavy atom. The highest BCUT2D eigenvalue weighted by Crippen LogP contribution is 2.25. The topological polar surface area (TPSA) is 167 Å². The molecule has 0 aliphatic carbocycles. The van der Waals surface area contributed by atoms with Gasteiger partial charge >= 0.3 is 0 Å². The zero-order valence-corrected chi connectivity index (χ0v) is 29.4. The van der Waals surface area contributed by atoms with E-state index in [1.165, 1.54) is 12.1 Å². The van der Waals surface area contributed by atoms with Crippen molar-refractivity contribution in [3.63, 3.8) is 0 Å². The van der Waals surface area contributed by atoms with Crippen LogP contribution in [-0.2, 0) is 45.4 Å². The highest BCUT2D eigenvalue weighted by molar-refractivity contribution is 7.91. The predicted molar refractivity (Wildman–Crippen MR) is 184 cm³/mol. The van der Waals surface area contributed by atoms with E-state index in [0.717, 1.165) is 49.3 Å². The molecule has 12 heteroatoms. The summed E-state index contributed by atoms with van der Waals surface area (Å²) in [6.45, 7) is 7.96. The molecule has 2 aromatic carbocycles. The van der Waals surface area contributed by atoms with Crippen LogP contribution in [0.4, 0.5) is 0 Å². The number of aliphatic imine (C=N–C) groups is 1. The van der Waals surface area contributed by atoms with Crippen LogP contribution in [0.5, 0.6) is 0 Å². The number of sulfone groups is 2. The summed E-state index contributed by atoms with van der Waals surface area (Å²) < 4.78 is 48.1. The van der Waals surface area contributed by atoms with Crippen molar-refractivity contribution < 1.29 is 26.4 Å². The molecule has 0 aliphatic heterocycles. The molecule has 45 heavy (non-hydrogen) atoms. The fourth-order valence-electron chi connectivity index (χ4n) is 4.49. The van der Waals surface area contributed by atoms with Crippen LogP contribution in [-0.4, -0.2) is 46.5 Å². The summed E-state index contributed by atoms with van der Waals surface area (Å²) in [5, 5.41) is -0.621. The summed E-state index contributed by atoms with van der Waals surface area (Å²) in [7, 11) is -6.88. The van der Waals surface area contributed by atoms with E-state index in [2.05, 4.69) is 18.8 Å². The summed E-state index contributed by atoms with van der Waals surface area (Å²) >= 11 is 5.56. The van der Waals surface area contributed by atoms with E-state index in [9.17, 15) is 26.4 Å². The van der Waals surface area contributed by atoms with Crippen LogP contribution in [0.2, 0.25) is 0 Å². The molecule has 248 valence electrons. The SMILES string of the molecule is CCCC=CCc1cc(CC)c(C(=O)Cl)cc1S(C)(=O)=O.CCCC=CCc1cc(CC)c(C(=O)N=C(N)N)cc1S(C)(=O)=O. The van der Waals surface area contributed by atoms with Crippen molar-refractivity contribution in [3.8, 4) is 0 Å². The Morgan fingerprint density at radius 3 is 1.42 bits per heavy atom. The highest BCUT2D eigenvalue weighted by Gasteiger charge is 2.20. The van der Waals surface area contributed by atoms with Crippen molar-refractivity contribution in [1.29, 1.82) is 0 Å². The van der Waals surface area contributed by atoms with Gasteiger partial charge in [0, 0.05) is 23.6 Å². The summed E-state index contributed by atoms with van der Waals surface area (Å²) in [4.78, 5) is 27.5. The van der Waals surface area contributed by atoms with Gasteiger partial charge in [-0.3, -0.25) is 9.59 Å². The van der Waals surface area contributed by atoms with Crippen molar-refractivity contribution in [2.45, 2.75) is 88.9 Å². The van der Waals surface area contributed by atoms with E-state index in [-0.39, 0.29) is 26.9 Å². The molecule has 9 nitrogen and oxygen atoms in total. The normalized spacial score (nSPS) is 11.8. The quantitative estimate of drug-likeness (QED) is 0.108.